The highest BCUT2D eigenvalue weighted by Gasteiger charge is 2.19. The van der Waals surface area contributed by atoms with Gasteiger partial charge in [0.25, 0.3) is 0 Å². The van der Waals surface area contributed by atoms with Crippen molar-refractivity contribution in [1.82, 2.24) is 9.47 Å². The zero-order valence-electron chi connectivity index (χ0n) is 12.3. The van der Waals surface area contributed by atoms with Gasteiger partial charge in [0.2, 0.25) is 5.91 Å². The van der Waals surface area contributed by atoms with Crippen LogP contribution < -0.4 is 0 Å². The molecule has 0 saturated heterocycles. The first-order valence-corrected chi connectivity index (χ1v) is 6.87. The summed E-state index contributed by atoms with van der Waals surface area (Å²) in [7, 11) is 1.73. The summed E-state index contributed by atoms with van der Waals surface area (Å²) in [6, 6.07) is 10.2. The zero-order valence-corrected chi connectivity index (χ0v) is 12.3. The summed E-state index contributed by atoms with van der Waals surface area (Å²) in [6.07, 6.45) is 2.44. The Kier molecular flexibility index (Phi) is 4.14. The smallest absolute Gasteiger partial charge is 0.224 e. The summed E-state index contributed by atoms with van der Waals surface area (Å²) in [5.41, 5.74) is 0.287. The maximum absolute atomic E-state index is 12.1. The van der Waals surface area contributed by atoms with Crippen molar-refractivity contribution in [1.29, 1.82) is 0 Å². The SMILES string of the molecule is CN(CC(C)(C)O)C(=O)CCn1ccc2ccccc21. The molecule has 0 spiro atoms. The van der Waals surface area contributed by atoms with Gasteiger partial charge in [0, 0.05) is 38.3 Å². The van der Waals surface area contributed by atoms with Crippen LogP contribution in [-0.4, -0.2) is 39.7 Å². The molecule has 0 bridgehead atoms. The lowest BCUT2D eigenvalue weighted by atomic mass is 10.1. The third-order valence-electron chi connectivity index (χ3n) is 3.30. The molecule has 1 N–H and O–H groups in total. The summed E-state index contributed by atoms with van der Waals surface area (Å²) in [5.74, 6) is 0.0462. The van der Waals surface area contributed by atoms with Gasteiger partial charge in [-0.05, 0) is 31.4 Å². The largest absolute Gasteiger partial charge is 0.389 e. The lowest BCUT2D eigenvalue weighted by Gasteiger charge is -2.25. The van der Waals surface area contributed by atoms with E-state index in [0.717, 1.165) is 5.52 Å². The number of benzene rings is 1. The number of hydrogen-bond acceptors (Lipinski definition) is 2. The minimum Gasteiger partial charge on any atom is -0.389 e. The van der Waals surface area contributed by atoms with Gasteiger partial charge in [-0.1, -0.05) is 18.2 Å². The summed E-state index contributed by atoms with van der Waals surface area (Å²) < 4.78 is 2.09. The second-order valence-electron chi connectivity index (χ2n) is 5.88. The van der Waals surface area contributed by atoms with Gasteiger partial charge in [0.05, 0.1) is 5.60 Å². The molecule has 0 aliphatic rings. The molecule has 0 aliphatic carbocycles. The predicted octanol–water partition coefficient (Wildman–Crippen LogP) is 2.26. The van der Waals surface area contributed by atoms with E-state index in [0.29, 0.717) is 19.5 Å². The van der Waals surface area contributed by atoms with Gasteiger partial charge in [-0.3, -0.25) is 4.79 Å². The van der Waals surface area contributed by atoms with Crippen molar-refractivity contribution < 1.29 is 9.90 Å². The van der Waals surface area contributed by atoms with Crippen molar-refractivity contribution in [2.45, 2.75) is 32.4 Å². The number of para-hydroxylation sites is 1. The number of fused-ring (bicyclic) bond motifs is 1. The average Bonchev–Trinajstić information content (AvgIpc) is 2.77. The Hall–Kier alpha value is -1.81. The van der Waals surface area contributed by atoms with Crippen LogP contribution in [0.3, 0.4) is 0 Å². The van der Waals surface area contributed by atoms with E-state index in [9.17, 15) is 9.90 Å². The number of nitrogens with zero attached hydrogens (tertiary/aromatic N) is 2. The lowest BCUT2D eigenvalue weighted by molar-refractivity contribution is -0.132. The predicted molar refractivity (Wildman–Crippen MR) is 80.5 cm³/mol. The number of aliphatic hydroxyl groups is 1. The normalized spacial score (nSPS) is 11.8. The van der Waals surface area contributed by atoms with E-state index in [1.165, 1.54) is 5.39 Å². The van der Waals surface area contributed by atoms with E-state index in [1.54, 1.807) is 25.8 Å². The summed E-state index contributed by atoms with van der Waals surface area (Å²) in [6.45, 7) is 4.41. The molecule has 0 aliphatic heterocycles. The Bertz CT molecular complexity index is 596. The summed E-state index contributed by atoms with van der Waals surface area (Å²) in [5, 5.41) is 10.9. The van der Waals surface area contributed by atoms with Gasteiger partial charge in [-0.15, -0.1) is 0 Å². The molecule has 2 rings (SSSR count). The highest BCUT2D eigenvalue weighted by Crippen LogP contribution is 2.15. The van der Waals surface area contributed by atoms with Gasteiger partial charge in [0.1, 0.15) is 0 Å². The monoisotopic (exact) mass is 274 g/mol. The number of aromatic nitrogens is 1. The van der Waals surface area contributed by atoms with Crippen molar-refractivity contribution >= 4 is 16.8 Å². The van der Waals surface area contributed by atoms with Gasteiger partial charge in [-0.2, -0.15) is 0 Å². The van der Waals surface area contributed by atoms with Crippen LogP contribution in [0.5, 0.6) is 0 Å². The first kappa shape index (κ1) is 14.6. The molecule has 0 saturated carbocycles. The van der Waals surface area contributed by atoms with Gasteiger partial charge < -0.3 is 14.6 Å². The molecule has 4 nitrogen and oxygen atoms in total. The van der Waals surface area contributed by atoms with Crippen LogP contribution in [0.2, 0.25) is 0 Å². The van der Waals surface area contributed by atoms with Crippen molar-refractivity contribution in [2.75, 3.05) is 13.6 Å². The molecule has 1 aromatic carbocycles. The van der Waals surface area contributed by atoms with Crippen LogP contribution in [0.4, 0.5) is 0 Å². The van der Waals surface area contributed by atoms with E-state index in [2.05, 4.69) is 22.8 Å². The number of carbonyl (C=O) groups is 1. The van der Waals surface area contributed by atoms with Crippen molar-refractivity contribution in [3.63, 3.8) is 0 Å². The Morgan fingerprint density at radius 1 is 1.30 bits per heavy atom. The minimum atomic E-state index is -0.857. The number of hydrogen-bond donors (Lipinski definition) is 1. The average molecular weight is 274 g/mol. The first-order valence-electron chi connectivity index (χ1n) is 6.87. The quantitative estimate of drug-likeness (QED) is 0.909. The molecule has 0 unspecified atom stereocenters. The molecule has 4 heteroatoms. The molecule has 2 aromatic rings. The highest BCUT2D eigenvalue weighted by molar-refractivity contribution is 5.80. The standard InChI is InChI=1S/C16H22N2O2/c1-16(2,20)12-17(3)15(19)9-11-18-10-8-13-6-4-5-7-14(13)18/h4-8,10,20H,9,11-12H2,1-3H3. The highest BCUT2D eigenvalue weighted by atomic mass is 16.3. The van der Waals surface area contributed by atoms with E-state index in [1.807, 2.05) is 18.3 Å². The number of aryl methyl sites for hydroxylation is 1. The third-order valence-corrected chi connectivity index (χ3v) is 3.30. The van der Waals surface area contributed by atoms with Crippen LogP contribution in [-0.2, 0) is 11.3 Å². The van der Waals surface area contributed by atoms with Crippen LogP contribution in [0.25, 0.3) is 10.9 Å². The second-order valence-corrected chi connectivity index (χ2v) is 5.88. The van der Waals surface area contributed by atoms with Crippen molar-refractivity contribution in [3.05, 3.63) is 36.5 Å². The Balaban J connectivity index is 1.97. The maximum atomic E-state index is 12.1. The summed E-state index contributed by atoms with van der Waals surface area (Å²) >= 11 is 0. The van der Waals surface area contributed by atoms with Crippen LogP contribution in [0.1, 0.15) is 20.3 Å². The number of likely N-dealkylation sites (N-methyl/N-ethyl adjacent to an activating group) is 1. The molecule has 20 heavy (non-hydrogen) atoms. The molecule has 0 fully saturated rings. The summed E-state index contributed by atoms with van der Waals surface area (Å²) in [4.78, 5) is 13.6. The van der Waals surface area contributed by atoms with Gasteiger partial charge >= 0.3 is 0 Å². The lowest BCUT2D eigenvalue weighted by Crippen LogP contribution is -2.39. The topological polar surface area (TPSA) is 45.5 Å². The Labute approximate surface area is 119 Å². The molecule has 0 radical (unpaired) electrons. The van der Waals surface area contributed by atoms with Crippen LogP contribution in [0.15, 0.2) is 36.5 Å². The number of amides is 1. The Morgan fingerprint density at radius 3 is 2.70 bits per heavy atom. The van der Waals surface area contributed by atoms with E-state index >= 15 is 0 Å². The zero-order chi connectivity index (χ0) is 14.8. The Morgan fingerprint density at radius 2 is 2.00 bits per heavy atom. The van der Waals surface area contributed by atoms with Gasteiger partial charge in [0.15, 0.2) is 0 Å². The molecular formula is C16H22N2O2. The maximum Gasteiger partial charge on any atom is 0.224 e. The molecular weight excluding hydrogens is 252 g/mol. The number of rotatable bonds is 5. The van der Waals surface area contributed by atoms with Crippen molar-refractivity contribution in [3.8, 4) is 0 Å². The molecule has 108 valence electrons. The van der Waals surface area contributed by atoms with Crippen molar-refractivity contribution in [2.24, 2.45) is 0 Å². The van der Waals surface area contributed by atoms with E-state index in [4.69, 9.17) is 0 Å². The van der Waals surface area contributed by atoms with Crippen LogP contribution >= 0.6 is 0 Å². The fourth-order valence-electron chi connectivity index (χ4n) is 2.41. The van der Waals surface area contributed by atoms with Gasteiger partial charge in [-0.25, -0.2) is 0 Å². The fourth-order valence-corrected chi connectivity index (χ4v) is 2.41. The third kappa shape index (κ3) is 3.61. The second kappa shape index (κ2) is 5.67. The minimum absolute atomic E-state index is 0.0462. The molecule has 1 aromatic heterocycles. The van der Waals surface area contributed by atoms with Crippen LogP contribution in [0, 0.1) is 0 Å². The molecule has 1 heterocycles. The molecule has 1 amide bonds. The molecule has 0 atom stereocenters. The first-order chi connectivity index (χ1) is 9.37. The van der Waals surface area contributed by atoms with E-state index in [-0.39, 0.29) is 5.91 Å². The number of carbonyl (C=O) groups excluding carboxylic acids is 1. The fraction of sp³-hybridized carbons (Fsp3) is 0.438. The van der Waals surface area contributed by atoms with E-state index < -0.39 is 5.60 Å².